The lowest BCUT2D eigenvalue weighted by atomic mass is 9.51. The SMILES string of the molecule is CCCCNC(=O)C1C(c2ccccc2O)C(C(=O)NCCCC)C1c1ccccc1O. The average Bonchev–Trinajstić information content (AvgIpc) is 2.76. The fraction of sp³-hybridized carbons (Fsp3) is 0.462. The van der Waals surface area contributed by atoms with Crippen molar-refractivity contribution in [3.8, 4) is 11.5 Å². The van der Waals surface area contributed by atoms with E-state index in [9.17, 15) is 19.8 Å². The van der Waals surface area contributed by atoms with E-state index in [2.05, 4.69) is 24.5 Å². The van der Waals surface area contributed by atoms with E-state index in [-0.39, 0.29) is 23.3 Å². The zero-order valence-corrected chi connectivity index (χ0v) is 18.9. The van der Waals surface area contributed by atoms with Crippen molar-refractivity contribution in [3.05, 3.63) is 59.7 Å². The highest BCUT2D eigenvalue weighted by Gasteiger charge is 2.59. The third kappa shape index (κ3) is 4.90. The molecule has 0 atom stereocenters. The molecule has 0 bridgehead atoms. The topological polar surface area (TPSA) is 98.7 Å². The van der Waals surface area contributed by atoms with Gasteiger partial charge in [0.15, 0.2) is 0 Å². The van der Waals surface area contributed by atoms with Gasteiger partial charge >= 0.3 is 0 Å². The van der Waals surface area contributed by atoms with Crippen molar-refractivity contribution in [1.82, 2.24) is 10.6 Å². The van der Waals surface area contributed by atoms with Crippen LogP contribution in [-0.2, 0) is 9.59 Å². The highest BCUT2D eigenvalue weighted by molar-refractivity contribution is 5.90. The number of phenolic OH excluding ortho intramolecular Hbond substituents is 2. The summed E-state index contributed by atoms with van der Waals surface area (Å²) < 4.78 is 0. The first kappa shape index (κ1) is 23.6. The molecule has 4 N–H and O–H groups in total. The van der Waals surface area contributed by atoms with E-state index < -0.39 is 23.7 Å². The van der Waals surface area contributed by atoms with Crippen LogP contribution in [0.5, 0.6) is 11.5 Å². The van der Waals surface area contributed by atoms with Crippen LogP contribution < -0.4 is 10.6 Å². The zero-order valence-electron chi connectivity index (χ0n) is 18.9. The number of benzene rings is 2. The Bertz CT molecular complexity index is 846. The molecule has 0 unspecified atom stereocenters. The molecule has 1 saturated carbocycles. The number of hydrogen-bond donors (Lipinski definition) is 4. The number of carbonyl (C=O) groups is 2. The Morgan fingerprint density at radius 3 is 1.44 bits per heavy atom. The van der Waals surface area contributed by atoms with Gasteiger partial charge in [-0.1, -0.05) is 63.1 Å². The number of nitrogens with one attached hydrogen (secondary N) is 2. The molecule has 172 valence electrons. The molecular weight excluding hydrogens is 404 g/mol. The molecule has 0 aromatic heterocycles. The second-order valence-electron chi connectivity index (χ2n) is 8.51. The molecule has 6 heteroatoms. The van der Waals surface area contributed by atoms with Gasteiger partial charge in [0.1, 0.15) is 11.5 Å². The summed E-state index contributed by atoms with van der Waals surface area (Å²) in [6.07, 6.45) is 3.64. The molecule has 2 amide bonds. The second-order valence-corrected chi connectivity index (χ2v) is 8.51. The molecule has 0 radical (unpaired) electrons. The Balaban J connectivity index is 2.02. The monoisotopic (exact) mass is 438 g/mol. The largest absolute Gasteiger partial charge is 0.508 e. The maximum Gasteiger partial charge on any atom is 0.224 e. The number of para-hydroxylation sites is 2. The quantitative estimate of drug-likeness (QED) is 0.421. The van der Waals surface area contributed by atoms with Gasteiger partial charge in [-0.05, 0) is 36.1 Å². The smallest absolute Gasteiger partial charge is 0.224 e. The first-order valence-corrected chi connectivity index (χ1v) is 11.6. The molecule has 0 saturated heterocycles. The van der Waals surface area contributed by atoms with Crippen LogP contribution in [-0.4, -0.2) is 35.1 Å². The van der Waals surface area contributed by atoms with Gasteiger partial charge in [0, 0.05) is 24.9 Å². The number of rotatable bonds is 10. The molecule has 2 aromatic rings. The molecule has 0 spiro atoms. The Labute approximate surface area is 190 Å². The van der Waals surface area contributed by atoms with Crippen LogP contribution in [0.1, 0.15) is 62.5 Å². The normalized spacial score (nSPS) is 22.1. The summed E-state index contributed by atoms with van der Waals surface area (Å²) in [7, 11) is 0. The molecule has 0 aliphatic heterocycles. The van der Waals surface area contributed by atoms with Crippen molar-refractivity contribution in [3.63, 3.8) is 0 Å². The highest BCUT2D eigenvalue weighted by atomic mass is 16.3. The summed E-state index contributed by atoms with van der Waals surface area (Å²) in [4.78, 5) is 26.6. The Morgan fingerprint density at radius 2 is 1.09 bits per heavy atom. The minimum atomic E-state index is -0.574. The van der Waals surface area contributed by atoms with E-state index in [0.29, 0.717) is 24.2 Å². The van der Waals surface area contributed by atoms with Crippen molar-refractivity contribution < 1.29 is 19.8 Å². The Morgan fingerprint density at radius 1 is 0.719 bits per heavy atom. The van der Waals surface area contributed by atoms with E-state index in [1.54, 1.807) is 48.5 Å². The van der Waals surface area contributed by atoms with Crippen LogP contribution >= 0.6 is 0 Å². The standard InChI is InChI=1S/C26H34N2O4/c1-3-5-15-27-25(31)23-21(17-11-7-9-13-19(17)29)24(26(32)28-16-6-4-2)22(23)18-12-8-10-14-20(18)30/h7-14,21-24,29-30H,3-6,15-16H2,1-2H3,(H,27,31)(H,28,32). The number of aromatic hydroxyl groups is 2. The molecule has 32 heavy (non-hydrogen) atoms. The van der Waals surface area contributed by atoms with Gasteiger partial charge in [-0.2, -0.15) is 0 Å². The summed E-state index contributed by atoms with van der Waals surface area (Å²) in [5.74, 6) is -2.27. The number of hydrogen-bond acceptors (Lipinski definition) is 4. The van der Waals surface area contributed by atoms with E-state index in [1.165, 1.54) is 0 Å². The molecule has 2 aromatic carbocycles. The van der Waals surface area contributed by atoms with Gasteiger partial charge in [0.05, 0.1) is 11.8 Å². The van der Waals surface area contributed by atoms with E-state index >= 15 is 0 Å². The molecule has 1 aliphatic rings. The summed E-state index contributed by atoms with van der Waals surface area (Å²) in [6, 6.07) is 13.8. The van der Waals surface area contributed by atoms with Crippen LogP contribution in [0, 0.1) is 11.8 Å². The van der Waals surface area contributed by atoms with Crippen LogP contribution in [0.25, 0.3) is 0 Å². The van der Waals surface area contributed by atoms with Crippen molar-refractivity contribution in [1.29, 1.82) is 0 Å². The van der Waals surface area contributed by atoms with E-state index in [4.69, 9.17) is 0 Å². The molecule has 0 heterocycles. The van der Waals surface area contributed by atoms with Gasteiger partial charge in [0.25, 0.3) is 0 Å². The first-order valence-electron chi connectivity index (χ1n) is 11.6. The maximum absolute atomic E-state index is 13.3. The van der Waals surface area contributed by atoms with E-state index in [0.717, 1.165) is 25.7 Å². The summed E-state index contributed by atoms with van der Waals surface area (Å²) in [6.45, 7) is 5.23. The predicted octanol–water partition coefficient (Wildman–Crippen LogP) is 4.04. The summed E-state index contributed by atoms with van der Waals surface area (Å²) >= 11 is 0. The molecule has 6 nitrogen and oxygen atoms in total. The molecule has 1 fully saturated rings. The second kappa shape index (κ2) is 11.0. The zero-order chi connectivity index (χ0) is 23.1. The van der Waals surface area contributed by atoms with Crippen LogP contribution in [0.4, 0.5) is 0 Å². The predicted molar refractivity (Wildman–Crippen MR) is 125 cm³/mol. The minimum absolute atomic E-state index is 0.0750. The lowest BCUT2D eigenvalue weighted by Crippen LogP contribution is -2.56. The number of amides is 2. The fourth-order valence-corrected chi connectivity index (χ4v) is 4.73. The summed E-state index contributed by atoms with van der Waals surface area (Å²) in [5, 5.41) is 27.1. The molecule has 1 aliphatic carbocycles. The van der Waals surface area contributed by atoms with E-state index in [1.807, 2.05) is 0 Å². The average molecular weight is 439 g/mol. The van der Waals surface area contributed by atoms with Gasteiger partial charge in [-0.3, -0.25) is 9.59 Å². The van der Waals surface area contributed by atoms with Crippen molar-refractivity contribution >= 4 is 11.8 Å². The number of unbranched alkanes of at least 4 members (excludes halogenated alkanes) is 2. The lowest BCUT2D eigenvalue weighted by molar-refractivity contribution is -0.140. The van der Waals surface area contributed by atoms with Crippen LogP contribution in [0.3, 0.4) is 0 Å². The summed E-state index contributed by atoms with van der Waals surface area (Å²) in [5.41, 5.74) is 1.18. The number of phenols is 2. The lowest BCUT2D eigenvalue weighted by Gasteiger charge is -2.50. The van der Waals surface area contributed by atoms with Gasteiger partial charge in [-0.25, -0.2) is 0 Å². The first-order chi connectivity index (χ1) is 15.5. The van der Waals surface area contributed by atoms with Crippen molar-refractivity contribution in [2.45, 2.75) is 51.4 Å². The maximum atomic E-state index is 13.3. The van der Waals surface area contributed by atoms with Gasteiger partial charge < -0.3 is 20.8 Å². The Hall–Kier alpha value is -3.02. The third-order valence-corrected chi connectivity index (χ3v) is 6.40. The molecule has 3 rings (SSSR count). The minimum Gasteiger partial charge on any atom is -0.508 e. The molecular formula is C26H34N2O4. The fourth-order valence-electron chi connectivity index (χ4n) is 4.73. The third-order valence-electron chi connectivity index (χ3n) is 6.40. The highest BCUT2D eigenvalue weighted by Crippen LogP contribution is 2.60. The van der Waals surface area contributed by atoms with Crippen molar-refractivity contribution in [2.24, 2.45) is 11.8 Å². The van der Waals surface area contributed by atoms with Gasteiger partial charge in [-0.15, -0.1) is 0 Å². The van der Waals surface area contributed by atoms with Crippen molar-refractivity contribution in [2.75, 3.05) is 13.1 Å². The Kier molecular flexibility index (Phi) is 8.14. The number of carbonyl (C=O) groups excluding carboxylic acids is 2. The van der Waals surface area contributed by atoms with Crippen LogP contribution in [0.2, 0.25) is 0 Å². The van der Waals surface area contributed by atoms with Gasteiger partial charge in [0.2, 0.25) is 11.8 Å². The van der Waals surface area contributed by atoms with Crippen LogP contribution in [0.15, 0.2) is 48.5 Å².